The number of rotatable bonds is 9. The van der Waals surface area contributed by atoms with E-state index in [1.54, 1.807) is 0 Å². The Kier molecular flexibility index (Phi) is 9.37. The van der Waals surface area contributed by atoms with Gasteiger partial charge >= 0.3 is 5.97 Å². The van der Waals surface area contributed by atoms with Gasteiger partial charge in [0.25, 0.3) is 0 Å². The van der Waals surface area contributed by atoms with E-state index in [2.05, 4.69) is 13.0 Å². The maximum absolute atomic E-state index is 12.4. The molecule has 2 aliphatic rings. The topological polar surface area (TPSA) is 50.1 Å². The predicted octanol–water partition coefficient (Wildman–Crippen LogP) is 6.17. The number of esters is 1. The van der Waals surface area contributed by atoms with Crippen LogP contribution in [0.25, 0.3) is 0 Å². The second-order valence-electron chi connectivity index (χ2n) is 8.31. The molecule has 0 N–H and O–H groups in total. The molecule has 0 aromatic heterocycles. The van der Waals surface area contributed by atoms with Gasteiger partial charge in [0.15, 0.2) is 0 Å². The zero-order valence-electron chi connectivity index (χ0n) is 16.2. The molecule has 0 amide bonds. The van der Waals surface area contributed by atoms with Crippen LogP contribution < -0.4 is 0 Å². The Balaban J connectivity index is 1.55. The lowest BCUT2D eigenvalue weighted by atomic mass is 9.79. The van der Waals surface area contributed by atoms with Gasteiger partial charge in [0, 0.05) is 5.92 Å². The molecule has 0 radical (unpaired) electrons. The number of hydrogen-bond donors (Lipinski definition) is 0. The minimum absolute atomic E-state index is 0.0402. The highest BCUT2D eigenvalue weighted by atomic mass is 16.5. The minimum Gasteiger partial charge on any atom is -0.462 e. The molecule has 0 aliphatic heterocycles. The van der Waals surface area contributed by atoms with E-state index < -0.39 is 0 Å². The van der Waals surface area contributed by atoms with E-state index in [-0.39, 0.29) is 23.9 Å². The number of nitriles is 1. The van der Waals surface area contributed by atoms with Gasteiger partial charge in [0.1, 0.15) is 6.10 Å². The number of nitrogens with zero attached hydrogens (tertiary/aromatic N) is 1. The summed E-state index contributed by atoms with van der Waals surface area (Å²) in [5, 5.41) is 8.95. The third kappa shape index (κ3) is 7.38. The fourth-order valence-electron chi connectivity index (χ4n) is 4.47. The Hall–Kier alpha value is -1.04. The average Bonchev–Trinajstić information content (AvgIpc) is 2.65. The standard InChI is InChI=1S/C22H37NO2/c1-2-3-4-5-6-7-8-18-9-13-20(14-10-18)22(24)25-21-15-11-19(17-23)12-16-21/h18-21H,2-16H2,1H3. The smallest absolute Gasteiger partial charge is 0.309 e. The highest BCUT2D eigenvalue weighted by Crippen LogP contribution is 2.34. The molecule has 25 heavy (non-hydrogen) atoms. The molecule has 0 spiro atoms. The monoisotopic (exact) mass is 347 g/mol. The average molecular weight is 348 g/mol. The zero-order chi connectivity index (χ0) is 17.9. The van der Waals surface area contributed by atoms with Crippen LogP contribution in [0.5, 0.6) is 0 Å². The summed E-state index contributed by atoms with van der Waals surface area (Å²) >= 11 is 0. The number of carbonyl (C=O) groups excluding carboxylic acids is 1. The van der Waals surface area contributed by atoms with Gasteiger partial charge in [0.2, 0.25) is 0 Å². The minimum atomic E-state index is 0.0402. The van der Waals surface area contributed by atoms with Crippen molar-refractivity contribution >= 4 is 5.97 Å². The summed E-state index contributed by atoms with van der Waals surface area (Å²) in [6, 6.07) is 2.34. The van der Waals surface area contributed by atoms with Crippen molar-refractivity contribution in [2.24, 2.45) is 17.8 Å². The molecule has 0 unspecified atom stereocenters. The van der Waals surface area contributed by atoms with E-state index in [9.17, 15) is 4.79 Å². The molecule has 2 saturated carbocycles. The Morgan fingerprint density at radius 2 is 1.56 bits per heavy atom. The first kappa shape index (κ1) is 20.3. The van der Waals surface area contributed by atoms with Crippen LogP contribution in [-0.2, 0) is 9.53 Å². The van der Waals surface area contributed by atoms with Crippen molar-refractivity contribution in [2.75, 3.05) is 0 Å². The Morgan fingerprint density at radius 3 is 2.20 bits per heavy atom. The maximum Gasteiger partial charge on any atom is 0.309 e. The van der Waals surface area contributed by atoms with Crippen LogP contribution in [-0.4, -0.2) is 12.1 Å². The molecule has 2 fully saturated rings. The van der Waals surface area contributed by atoms with Gasteiger partial charge in [-0.1, -0.05) is 51.9 Å². The van der Waals surface area contributed by atoms with E-state index in [0.29, 0.717) is 0 Å². The van der Waals surface area contributed by atoms with Crippen molar-refractivity contribution < 1.29 is 9.53 Å². The van der Waals surface area contributed by atoms with Gasteiger partial charge in [-0.2, -0.15) is 5.26 Å². The van der Waals surface area contributed by atoms with Crippen LogP contribution in [0.3, 0.4) is 0 Å². The molecule has 0 atom stereocenters. The summed E-state index contributed by atoms with van der Waals surface area (Å²) in [4.78, 5) is 12.4. The molecule has 142 valence electrons. The van der Waals surface area contributed by atoms with E-state index in [1.807, 2.05) is 0 Å². The van der Waals surface area contributed by atoms with Crippen LogP contribution in [0.4, 0.5) is 0 Å². The van der Waals surface area contributed by atoms with Gasteiger partial charge in [-0.15, -0.1) is 0 Å². The van der Waals surface area contributed by atoms with Crippen molar-refractivity contribution in [1.82, 2.24) is 0 Å². The van der Waals surface area contributed by atoms with Crippen LogP contribution in [0.1, 0.15) is 103 Å². The molecule has 2 rings (SSSR count). The summed E-state index contributed by atoms with van der Waals surface area (Å²) in [6.45, 7) is 2.26. The first-order valence-corrected chi connectivity index (χ1v) is 10.8. The largest absolute Gasteiger partial charge is 0.462 e. The summed E-state index contributed by atoms with van der Waals surface area (Å²) in [7, 11) is 0. The highest BCUT2D eigenvalue weighted by molar-refractivity contribution is 5.72. The van der Waals surface area contributed by atoms with E-state index in [0.717, 1.165) is 44.4 Å². The van der Waals surface area contributed by atoms with Crippen molar-refractivity contribution in [3.63, 3.8) is 0 Å². The van der Waals surface area contributed by atoms with Crippen molar-refractivity contribution in [3.05, 3.63) is 0 Å². The highest BCUT2D eigenvalue weighted by Gasteiger charge is 2.30. The molecular formula is C22H37NO2. The van der Waals surface area contributed by atoms with E-state index in [1.165, 1.54) is 57.8 Å². The fourth-order valence-corrected chi connectivity index (χ4v) is 4.47. The molecular weight excluding hydrogens is 310 g/mol. The SMILES string of the molecule is CCCCCCCCC1CCC(C(=O)OC2CCC(C#N)CC2)CC1. The second-order valence-corrected chi connectivity index (χ2v) is 8.31. The summed E-state index contributed by atoms with van der Waals surface area (Å²) in [6.07, 6.45) is 17.6. The summed E-state index contributed by atoms with van der Waals surface area (Å²) < 4.78 is 5.75. The van der Waals surface area contributed by atoms with Gasteiger partial charge < -0.3 is 4.74 Å². The molecule has 2 aliphatic carbocycles. The van der Waals surface area contributed by atoms with Crippen LogP contribution >= 0.6 is 0 Å². The Morgan fingerprint density at radius 1 is 0.920 bits per heavy atom. The fraction of sp³-hybridized carbons (Fsp3) is 0.909. The van der Waals surface area contributed by atoms with Crippen molar-refractivity contribution in [2.45, 2.75) is 109 Å². The van der Waals surface area contributed by atoms with Crippen LogP contribution in [0, 0.1) is 29.1 Å². The third-order valence-corrected chi connectivity index (χ3v) is 6.29. The lowest BCUT2D eigenvalue weighted by Crippen LogP contribution is -2.30. The molecule has 0 aromatic rings. The number of ether oxygens (including phenoxy) is 1. The van der Waals surface area contributed by atoms with Gasteiger partial charge in [0.05, 0.1) is 12.0 Å². The van der Waals surface area contributed by atoms with Crippen LogP contribution in [0.2, 0.25) is 0 Å². The predicted molar refractivity (Wildman–Crippen MR) is 101 cm³/mol. The lowest BCUT2D eigenvalue weighted by molar-refractivity contribution is -0.157. The molecule has 0 aromatic carbocycles. The molecule has 0 heterocycles. The van der Waals surface area contributed by atoms with E-state index in [4.69, 9.17) is 10.00 Å². The maximum atomic E-state index is 12.4. The Bertz CT molecular complexity index is 412. The number of carbonyl (C=O) groups is 1. The Labute approximate surface area is 154 Å². The molecule has 3 heteroatoms. The van der Waals surface area contributed by atoms with Crippen molar-refractivity contribution in [1.29, 1.82) is 5.26 Å². The molecule has 0 saturated heterocycles. The first-order valence-electron chi connectivity index (χ1n) is 10.8. The third-order valence-electron chi connectivity index (χ3n) is 6.29. The normalized spacial score (nSPS) is 29.8. The van der Waals surface area contributed by atoms with E-state index >= 15 is 0 Å². The summed E-state index contributed by atoms with van der Waals surface area (Å²) in [5.74, 6) is 1.18. The quantitative estimate of drug-likeness (QED) is 0.370. The zero-order valence-corrected chi connectivity index (χ0v) is 16.2. The molecule has 0 bridgehead atoms. The lowest BCUT2D eigenvalue weighted by Gasteiger charge is -2.30. The second kappa shape index (κ2) is 11.6. The van der Waals surface area contributed by atoms with Gasteiger partial charge in [-0.25, -0.2) is 0 Å². The molecule has 3 nitrogen and oxygen atoms in total. The number of unbranched alkanes of at least 4 members (excludes halogenated alkanes) is 5. The van der Waals surface area contributed by atoms with Gasteiger partial charge in [-0.05, 0) is 57.3 Å². The first-order chi connectivity index (χ1) is 12.2. The van der Waals surface area contributed by atoms with Gasteiger partial charge in [-0.3, -0.25) is 4.79 Å². The summed E-state index contributed by atoms with van der Waals surface area (Å²) in [5.41, 5.74) is 0. The van der Waals surface area contributed by atoms with Crippen LogP contribution in [0.15, 0.2) is 0 Å². The number of hydrogen-bond acceptors (Lipinski definition) is 3. The van der Waals surface area contributed by atoms with Crippen molar-refractivity contribution in [3.8, 4) is 6.07 Å².